The van der Waals surface area contributed by atoms with Gasteiger partial charge in [-0.05, 0) is 31.0 Å². The molecule has 116 valence electrons. The van der Waals surface area contributed by atoms with Crippen molar-refractivity contribution < 1.29 is 23.4 Å². The number of hydrogen-bond acceptors (Lipinski definition) is 4. The number of benzene rings is 1. The van der Waals surface area contributed by atoms with Gasteiger partial charge in [-0.25, -0.2) is 17.9 Å². The van der Waals surface area contributed by atoms with E-state index in [1.54, 1.807) is 0 Å². The summed E-state index contributed by atoms with van der Waals surface area (Å²) in [6.45, 7) is 0. The average molecular weight is 334 g/mol. The Morgan fingerprint density at radius 2 is 1.95 bits per heavy atom. The van der Waals surface area contributed by atoms with Crippen LogP contribution < -0.4 is 4.72 Å². The Morgan fingerprint density at radius 1 is 1.29 bits per heavy atom. The molecule has 2 atom stereocenters. The van der Waals surface area contributed by atoms with E-state index in [1.165, 1.54) is 12.1 Å². The van der Waals surface area contributed by atoms with Crippen molar-refractivity contribution in [3.63, 3.8) is 0 Å². The third kappa shape index (κ3) is 3.74. The van der Waals surface area contributed by atoms with Crippen LogP contribution in [0.15, 0.2) is 23.1 Å². The molecular formula is C13H16ClNO5S. The molecular weight excluding hydrogens is 318 g/mol. The van der Waals surface area contributed by atoms with Crippen LogP contribution in [0.3, 0.4) is 0 Å². The first-order valence-corrected chi connectivity index (χ1v) is 8.40. The second kappa shape index (κ2) is 6.31. The monoisotopic (exact) mass is 333 g/mol. The molecule has 1 aliphatic carbocycles. The Labute approximate surface area is 127 Å². The quantitative estimate of drug-likeness (QED) is 0.776. The van der Waals surface area contributed by atoms with E-state index in [0.717, 1.165) is 18.9 Å². The fourth-order valence-corrected chi connectivity index (χ4v) is 3.88. The van der Waals surface area contributed by atoms with Gasteiger partial charge >= 0.3 is 5.97 Å². The highest BCUT2D eigenvalue weighted by atomic mass is 35.5. The van der Waals surface area contributed by atoms with Gasteiger partial charge in [-0.2, -0.15) is 0 Å². The molecule has 3 N–H and O–H groups in total. The molecule has 0 amide bonds. The largest absolute Gasteiger partial charge is 0.478 e. The zero-order valence-corrected chi connectivity index (χ0v) is 12.7. The van der Waals surface area contributed by atoms with E-state index >= 15 is 0 Å². The second-order valence-corrected chi connectivity index (χ2v) is 7.15. The lowest BCUT2D eigenvalue weighted by atomic mass is 9.93. The summed E-state index contributed by atoms with van der Waals surface area (Å²) in [5, 5.41) is 18.8. The van der Waals surface area contributed by atoms with Crippen LogP contribution in [0.5, 0.6) is 0 Å². The van der Waals surface area contributed by atoms with Gasteiger partial charge < -0.3 is 10.2 Å². The lowest BCUT2D eigenvalue weighted by molar-refractivity contribution is 0.0696. The first-order valence-electron chi connectivity index (χ1n) is 6.54. The van der Waals surface area contributed by atoms with Crippen molar-refractivity contribution in [3.8, 4) is 0 Å². The highest BCUT2D eigenvalue weighted by Gasteiger charge is 2.28. The number of carboxylic acid groups (broad SMARTS) is 1. The zero-order chi connectivity index (χ0) is 15.6. The molecule has 0 heterocycles. The standard InChI is InChI=1S/C13H16ClNO5S/c14-10-6-5-8(7-9(10)13(17)18)21(19,20)15-11-3-1-2-4-12(11)16/h5-7,11-12,15-16H,1-4H2,(H,17,18)/t11-,12-/m1/s1. The molecule has 21 heavy (non-hydrogen) atoms. The van der Waals surface area contributed by atoms with Crippen molar-refractivity contribution in [3.05, 3.63) is 28.8 Å². The van der Waals surface area contributed by atoms with Crippen molar-refractivity contribution in [2.75, 3.05) is 0 Å². The lowest BCUT2D eigenvalue weighted by Gasteiger charge is -2.28. The third-order valence-corrected chi connectivity index (χ3v) is 5.33. The van der Waals surface area contributed by atoms with Gasteiger partial charge in [-0.15, -0.1) is 0 Å². The number of halogens is 1. The Balaban J connectivity index is 2.27. The minimum Gasteiger partial charge on any atom is -0.478 e. The minimum atomic E-state index is -3.90. The number of aliphatic hydroxyl groups excluding tert-OH is 1. The number of carbonyl (C=O) groups is 1. The summed E-state index contributed by atoms with van der Waals surface area (Å²) in [7, 11) is -3.90. The van der Waals surface area contributed by atoms with Gasteiger partial charge in [0.25, 0.3) is 0 Å². The highest BCUT2D eigenvalue weighted by molar-refractivity contribution is 7.89. The summed E-state index contributed by atoms with van der Waals surface area (Å²) < 4.78 is 27.0. The number of aliphatic hydroxyl groups is 1. The number of hydrogen-bond donors (Lipinski definition) is 3. The Morgan fingerprint density at radius 3 is 2.57 bits per heavy atom. The topological polar surface area (TPSA) is 104 Å². The molecule has 0 spiro atoms. The molecule has 0 aromatic heterocycles. The van der Waals surface area contributed by atoms with Crippen LogP contribution >= 0.6 is 11.6 Å². The fraction of sp³-hybridized carbons (Fsp3) is 0.462. The van der Waals surface area contributed by atoms with E-state index in [4.69, 9.17) is 16.7 Å². The van der Waals surface area contributed by atoms with Gasteiger partial charge in [-0.3, -0.25) is 0 Å². The van der Waals surface area contributed by atoms with Crippen LogP contribution in [0, 0.1) is 0 Å². The van der Waals surface area contributed by atoms with E-state index in [1.807, 2.05) is 0 Å². The summed E-state index contributed by atoms with van der Waals surface area (Å²) in [5.41, 5.74) is -0.274. The van der Waals surface area contributed by atoms with Crippen molar-refractivity contribution in [1.29, 1.82) is 0 Å². The smallest absolute Gasteiger partial charge is 0.337 e. The van der Waals surface area contributed by atoms with Gasteiger partial charge in [0.15, 0.2) is 0 Å². The molecule has 1 fully saturated rings. The number of carboxylic acids is 1. The van der Waals surface area contributed by atoms with Crippen LogP contribution in [-0.2, 0) is 10.0 Å². The summed E-state index contributed by atoms with van der Waals surface area (Å²) in [6.07, 6.45) is 2.09. The SMILES string of the molecule is O=C(O)c1cc(S(=O)(=O)N[C@@H]2CCCC[C@H]2O)ccc1Cl. The minimum absolute atomic E-state index is 0.0286. The van der Waals surface area contributed by atoms with Gasteiger partial charge in [0.1, 0.15) is 0 Å². The number of rotatable bonds is 4. The second-order valence-electron chi connectivity index (χ2n) is 5.03. The lowest BCUT2D eigenvalue weighted by Crippen LogP contribution is -2.44. The number of sulfonamides is 1. The summed E-state index contributed by atoms with van der Waals surface area (Å²) in [4.78, 5) is 10.8. The zero-order valence-electron chi connectivity index (χ0n) is 11.1. The third-order valence-electron chi connectivity index (χ3n) is 3.51. The maximum absolute atomic E-state index is 12.3. The molecule has 0 bridgehead atoms. The highest BCUT2D eigenvalue weighted by Crippen LogP contribution is 2.23. The first-order chi connectivity index (χ1) is 9.81. The molecule has 2 rings (SSSR count). The molecule has 8 heteroatoms. The molecule has 1 aromatic carbocycles. The number of aromatic carboxylic acids is 1. The molecule has 0 aliphatic heterocycles. The van der Waals surface area contributed by atoms with Gasteiger partial charge in [0, 0.05) is 6.04 Å². The Hall–Kier alpha value is -1.15. The molecule has 1 saturated carbocycles. The van der Waals surface area contributed by atoms with Crippen LogP contribution in [0.1, 0.15) is 36.0 Å². The van der Waals surface area contributed by atoms with Crippen LogP contribution in [0.2, 0.25) is 5.02 Å². The molecule has 0 saturated heterocycles. The van der Waals surface area contributed by atoms with Crippen LogP contribution in [0.4, 0.5) is 0 Å². The Kier molecular flexibility index (Phi) is 4.88. The first kappa shape index (κ1) is 16.2. The van der Waals surface area contributed by atoms with Crippen molar-refractivity contribution >= 4 is 27.6 Å². The average Bonchev–Trinajstić information content (AvgIpc) is 2.41. The van der Waals surface area contributed by atoms with E-state index in [2.05, 4.69) is 4.72 Å². The summed E-state index contributed by atoms with van der Waals surface area (Å²) >= 11 is 5.72. The van der Waals surface area contributed by atoms with Gasteiger partial charge in [-0.1, -0.05) is 24.4 Å². The predicted molar refractivity (Wildman–Crippen MR) is 77.0 cm³/mol. The van der Waals surface area contributed by atoms with Gasteiger partial charge in [0.2, 0.25) is 10.0 Å². The van der Waals surface area contributed by atoms with E-state index < -0.39 is 28.1 Å². The van der Waals surface area contributed by atoms with E-state index in [9.17, 15) is 18.3 Å². The normalized spacial score (nSPS) is 23.0. The summed E-state index contributed by atoms with van der Waals surface area (Å²) in [6, 6.07) is 2.94. The predicted octanol–water partition coefficient (Wildman–Crippen LogP) is 1.62. The molecule has 0 unspecified atom stereocenters. The Bertz CT molecular complexity index is 646. The molecule has 0 radical (unpaired) electrons. The number of nitrogens with one attached hydrogen (secondary N) is 1. The van der Waals surface area contributed by atoms with Crippen molar-refractivity contribution in [2.45, 2.75) is 42.7 Å². The van der Waals surface area contributed by atoms with Crippen LogP contribution in [-0.4, -0.2) is 36.7 Å². The maximum Gasteiger partial charge on any atom is 0.337 e. The van der Waals surface area contributed by atoms with Gasteiger partial charge in [0.05, 0.1) is 21.6 Å². The van der Waals surface area contributed by atoms with E-state index in [0.29, 0.717) is 12.8 Å². The molecule has 1 aromatic rings. The molecule has 1 aliphatic rings. The van der Waals surface area contributed by atoms with Crippen molar-refractivity contribution in [2.24, 2.45) is 0 Å². The fourth-order valence-electron chi connectivity index (χ4n) is 2.35. The summed E-state index contributed by atoms with van der Waals surface area (Å²) in [5.74, 6) is -1.30. The maximum atomic E-state index is 12.3. The van der Waals surface area contributed by atoms with Crippen molar-refractivity contribution in [1.82, 2.24) is 4.72 Å². The molecule has 6 nitrogen and oxygen atoms in total. The van der Waals surface area contributed by atoms with Crippen LogP contribution in [0.25, 0.3) is 0 Å². The van der Waals surface area contributed by atoms with E-state index in [-0.39, 0.29) is 15.5 Å².